The molecule has 1 aliphatic rings. The van der Waals surface area contributed by atoms with E-state index < -0.39 is 0 Å². The molecular formula is C16H21N5O4. The van der Waals surface area contributed by atoms with Crippen LogP contribution in [0.4, 0.5) is 0 Å². The molecule has 25 heavy (non-hydrogen) atoms. The Balaban J connectivity index is 1.50. The lowest BCUT2D eigenvalue weighted by Crippen LogP contribution is -2.44. The summed E-state index contributed by atoms with van der Waals surface area (Å²) in [6.07, 6.45) is 6.46. The second-order valence-corrected chi connectivity index (χ2v) is 5.65. The van der Waals surface area contributed by atoms with Gasteiger partial charge in [0.05, 0.1) is 12.3 Å². The van der Waals surface area contributed by atoms with E-state index in [0.717, 1.165) is 19.4 Å². The Labute approximate surface area is 145 Å². The zero-order valence-electron chi connectivity index (χ0n) is 14.1. The second-order valence-electron chi connectivity index (χ2n) is 5.65. The van der Waals surface area contributed by atoms with Gasteiger partial charge in [-0.25, -0.2) is 4.98 Å². The number of hydrogen-bond donors (Lipinski definition) is 0. The first-order chi connectivity index (χ1) is 12.3. The normalized spacial score (nSPS) is 17.6. The zero-order chi connectivity index (χ0) is 17.5. The first-order valence-corrected chi connectivity index (χ1v) is 8.32. The molecule has 0 N–H and O–H groups in total. The van der Waals surface area contributed by atoms with Gasteiger partial charge in [-0.05, 0) is 19.8 Å². The molecule has 1 aliphatic heterocycles. The molecule has 0 aromatic carbocycles. The maximum Gasteiger partial charge on any atom is 0.253 e. The molecule has 0 aliphatic carbocycles. The summed E-state index contributed by atoms with van der Waals surface area (Å²) in [6.45, 7) is 4.01. The van der Waals surface area contributed by atoms with Gasteiger partial charge in [0.1, 0.15) is 18.9 Å². The molecule has 0 saturated carbocycles. The zero-order valence-corrected chi connectivity index (χ0v) is 14.1. The molecule has 0 radical (unpaired) electrons. The Morgan fingerprint density at radius 2 is 2.36 bits per heavy atom. The minimum Gasteiger partial charge on any atom is -0.372 e. The van der Waals surface area contributed by atoms with E-state index in [4.69, 9.17) is 14.0 Å². The molecule has 1 amide bonds. The highest BCUT2D eigenvalue weighted by atomic mass is 16.5. The van der Waals surface area contributed by atoms with Crippen LogP contribution in [0.1, 0.15) is 25.7 Å². The molecule has 1 saturated heterocycles. The number of amides is 1. The van der Waals surface area contributed by atoms with Crippen molar-refractivity contribution >= 4 is 5.91 Å². The molecule has 3 rings (SSSR count). The Kier molecular flexibility index (Phi) is 6.02. The van der Waals surface area contributed by atoms with Crippen molar-refractivity contribution in [2.24, 2.45) is 0 Å². The Morgan fingerprint density at radius 1 is 1.44 bits per heavy atom. The smallest absolute Gasteiger partial charge is 0.253 e. The quantitative estimate of drug-likeness (QED) is 0.733. The molecule has 0 spiro atoms. The second kappa shape index (κ2) is 8.63. The summed E-state index contributed by atoms with van der Waals surface area (Å²) in [5, 5.41) is 3.88. The van der Waals surface area contributed by atoms with Gasteiger partial charge in [0.15, 0.2) is 0 Å². The van der Waals surface area contributed by atoms with E-state index in [1.165, 1.54) is 0 Å². The third-order valence-corrected chi connectivity index (χ3v) is 3.86. The molecular weight excluding hydrogens is 326 g/mol. The van der Waals surface area contributed by atoms with E-state index in [0.29, 0.717) is 30.6 Å². The number of carbonyl (C=O) groups is 1. The summed E-state index contributed by atoms with van der Waals surface area (Å²) in [6, 6.07) is 0. The topological polar surface area (TPSA) is 103 Å². The summed E-state index contributed by atoms with van der Waals surface area (Å²) in [5.41, 5.74) is 0.544. The highest BCUT2D eigenvalue weighted by molar-refractivity contribution is 5.77. The monoisotopic (exact) mass is 347 g/mol. The summed E-state index contributed by atoms with van der Waals surface area (Å²) in [7, 11) is 0. The van der Waals surface area contributed by atoms with Crippen LogP contribution in [-0.2, 0) is 20.9 Å². The fraction of sp³-hybridized carbons (Fsp3) is 0.562. The maximum atomic E-state index is 12.0. The summed E-state index contributed by atoms with van der Waals surface area (Å²) >= 11 is 0. The molecule has 3 heterocycles. The van der Waals surface area contributed by atoms with Crippen LogP contribution < -0.4 is 0 Å². The first-order valence-electron chi connectivity index (χ1n) is 8.32. The number of carbonyl (C=O) groups excluding carboxylic acids is 1. The highest BCUT2D eigenvalue weighted by Gasteiger charge is 2.24. The minimum atomic E-state index is -0.0498. The highest BCUT2D eigenvalue weighted by Crippen LogP contribution is 2.16. The van der Waals surface area contributed by atoms with Gasteiger partial charge in [-0.1, -0.05) is 5.16 Å². The molecule has 134 valence electrons. The van der Waals surface area contributed by atoms with Gasteiger partial charge in [0.2, 0.25) is 11.7 Å². The summed E-state index contributed by atoms with van der Waals surface area (Å²) in [5.74, 6) is 0.750. The van der Waals surface area contributed by atoms with E-state index >= 15 is 0 Å². The molecule has 9 nitrogen and oxygen atoms in total. The van der Waals surface area contributed by atoms with Crippen molar-refractivity contribution in [2.75, 3.05) is 26.3 Å². The van der Waals surface area contributed by atoms with Crippen LogP contribution in [0, 0.1) is 0 Å². The van der Waals surface area contributed by atoms with Gasteiger partial charge in [-0.3, -0.25) is 9.78 Å². The van der Waals surface area contributed by atoms with Crippen molar-refractivity contribution in [2.45, 2.75) is 32.5 Å². The van der Waals surface area contributed by atoms with Gasteiger partial charge in [-0.15, -0.1) is 0 Å². The van der Waals surface area contributed by atoms with Crippen LogP contribution in [0.25, 0.3) is 11.5 Å². The number of nitrogens with zero attached hydrogens (tertiary/aromatic N) is 5. The van der Waals surface area contributed by atoms with Crippen molar-refractivity contribution in [3.63, 3.8) is 0 Å². The van der Waals surface area contributed by atoms with Crippen LogP contribution in [0.15, 0.2) is 23.1 Å². The lowest BCUT2D eigenvalue weighted by Gasteiger charge is -2.32. The fourth-order valence-electron chi connectivity index (χ4n) is 2.60. The van der Waals surface area contributed by atoms with Crippen LogP contribution in [-0.4, -0.2) is 63.3 Å². The number of hydrogen-bond acceptors (Lipinski definition) is 8. The average molecular weight is 347 g/mol. The molecule has 2 aromatic rings. The first kappa shape index (κ1) is 17.4. The van der Waals surface area contributed by atoms with Gasteiger partial charge in [-0.2, -0.15) is 4.98 Å². The number of rotatable bonds is 7. The van der Waals surface area contributed by atoms with Crippen LogP contribution in [0.5, 0.6) is 0 Å². The maximum absolute atomic E-state index is 12.0. The molecule has 1 fully saturated rings. The standard InChI is InChI=1S/C16H21N5O4/c1-2-23-11-15(22)21-7-3-4-12(9-21)24-10-14-19-16(20-25-14)13-8-17-5-6-18-13/h5-6,8,12H,2-4,7,9-11H2,1H3. The number of ether oxygens (including phenoxy) is 2. The van der Waals surface area contributed by atoms with Crippen molar-refractivity contribution in [1.82, 2.24) is 25.0 Å². The van der Waals surface area contributed by atoms with E-state index in [-0.39, 0.29) is 25.2 Å². The minimum absolute atomic E-state index is 0.00196. The van der Waals surface area contributed by atoms with Crippen molar-refractivity contribution in [1.29, 1.82) is 0 Å². The van der Waals surface area contributed by atoms with Crippen molar-refractivity contribution in [3.05, 3.63) is 24.5 Å². The Bertz CT molecular complexity index is 678. The lowest BCUT2D eigenvalue weighted by molar-refractivity contribution is -0.140. The van der Waals surface area contributed by atoms with E-state index in [1.54, 1.807) is 23.5 Å². The number of piperidine rings is 1. The van der Waals surface area contributed by atoms with Crippen molar-refractivity contribution in [3.8, 4) is 11.5 Å². The summed E-state index contributed by atoms with van der Waals surface area (Å²) in [4.78, 5) is 26.2. The van der Waals surface area contributed by atoms with Crippen LogP contribution >= 0.6 is 0 Å². The molecule has 2 aromatic heterocycles. The molecule has 1 atom stereocenters. The van der Waals surface area contributed by atoms with E-state index in [2.05, 4.69) is 20.1 Å². The number of likely N-dealkylation sites (tertiary alicyclic amines) is 1. The predicted octanol–water partition coefficient (Wildman–Crippen LogP) is 1.07. The Morgan fingerprint density at radius 3 is 3.16 bits per heavy atom. The number of aromatic nitrogens is 4. The van der Waals surface area contributed by atoms with E-state index in [1.807, 2.05) is 6.92 Å². The van der Waals surface area contributed by atoms with Gasteiger partial charge < -0.3 is 18.9 Å². The average Bonchev–Trinajstić information content (AvgIpc) is 3.14. The third-order valence-electron chi connectivity index (χ3n) is 3.86. The fourth-order valence-corrected chi connectivity index (χ4v) is 2.60. The lowest BCUT2D eigenvalue weighted by atomic mass is 10.1. The predicted molar refractivity (Wildman–Crippen MR) is 86.2 cm³/mol. The largest absolute Gasteiger partial charge is 0.372 e. The van der Waals surface area contributed by atoms with Gasteiger partial charge in [0.25, 0.3) is 5.89 Å². The third kappa shape index (κ3) is 4.80. The summed E-state index contributed by atoms with van der Waals surface area (Å²) < 4.78 is 16.2. The van der Waals surface area contributed by atoms with Crippen LogP contribution in [0.3, 0.4) is 0 Å². The molecule has 0 bridgehead atoms. The SMILES string of the molecule is CCOCC(=O)N1CCCC(OCc2nc(-c3cnccn3)no2)C1. The molecule has 1 unspecified atom stereocenters. The van der Waals surface area contributed by atoms with Crippen LogP contribution in [0.2, 0.25) is 0 Å². The molecule has 9 heteroatoms. The van der Waals surface area contributed by atoms with E-state index in [9.17, 15) is 4.79 Å². The van der Waals surface area contributed by atoms with Gasteiger partial charge in [0, 0.05) is 32.1 Å². The Hall–Kier alpha value is -2.39. The van der Waals surface area contributed by atoms with Crippen molar-refractivity contribution < 1.29 is 18.8 Å². The van der Waals surface area contributed by atoms with Gasteiger partial charge >= 0.3 is 0 Å².